The van der Waals surface area contributed by atoms with Crippen LogP contribution in [0.3, 0.4) is 0 Å². The van der Waals surface area contributed by atoms with Crippen LogP contribution < -0.4 is 4.72 Å². The van der Waals surface area contributed by atoms with Crippen LogP contribution >= 0.6 is 11.6 Å². The fourth-order valence-electron chi connectivity index (χ4n) is 3.04. The maximum atomic E-state index is 12.8. The third-order valence-corrected chi connectivity index (χ3v) is 6.31. The molecule has 1 fully saturated rings. The van der Waals surface area contributed by atoms with Crippen molar-refractivity contribution in [2.45, 2.75) is 11.8 Å². The van der Waals surface area contributed by atoms with Gasteiger partial charge in [0.05, 0.1) is 27.8 Å². The Kier molecular flexibility index (Phi) is 6.84. The maximum absolute atomic E-state index is 12.8. The van der Waals surface area contributed by atoms with Crippen LogP contribution in [0.25, 0.3) is 0 Å². The van der Waals surface area contributed by atoms with Crippen LogP contribution in [0.5, 0.6) is 0 Å². The van der Waals surface area contributed by atoms with Gasteiger partial charge in [0.2, 0.25) is 0 Å². The van der Waals surface area contributed by atoms with E-state index in [0.29, 0.717) is 32.8 Å². The third-order valence-electron chi connectivity index (χ3n) is 4.60. The molecule has 30 heavy (non-hydrogen) atoms. The van der Waals surface area contributed by atoms with Gasteiger partial charge < -0.3 is 14.5 Å². The second-order valence-corrected chi connectivity index (χ2v) is 8.68. The molecule has 1 N–H and O–H groups in total. The quantitative estimate of drug-likeness (QED) is 0.753. The normalized spacial score (nSPS) is 14.3. The SMILES string of the molecule is CCOC(=O)N1CCN(C(=O)c2ccc(NS(=O)(=O)c3ccccc3)cc2Cl)CC1. The van der Waals surface area contributed by atoms with Crippen molar-refractivity contribution in [2.75, 3.05) is 37.5 Å². The number of halogens is 1. The summed E-state index contributed by atoms with van der Waals surface area (Å²) < 4.78 is 32.3. The summed E-state index contributed by atoms with van der Waals surface area (Å²) in [7, 11) is -3.76. The number of nitrogens with one attached hydrogen (secondary N) is 1. The van der Waals surface area contributed by atoms with Crippen molar-refractivity contribution in [3.63, 3.8) is 0 Å². The number of piperazine rings is 1. The lowest BCUT2D eigenvalue weighted by atomic mass is 10.1. The van der Waals surface area contributed by atoms with Crippen molar-refractivity contribution in [1.82, 2.24) is 9.80 Å². The largest absolute Gasteiger partial charge is 0.450 e. The molecule has 0 atom stereocenters. The Labute approximate surface area is 180 Å². The minimum Gasteiger partial charge on any atom is -0.450 e. The number of nitrogens with zero attached hydrogens (tertiary/aromatic N) is 2. The molecule has 0 aliphatic carbocycles. The van der Waals surface area contributed by atoms with Gasteiger partial charge in [0.1, 0.15) is 0 Å². The first-order valence-corrected chi connectivity index (χ1v) is 11.3. The summed E-state index contributed by atoms with van der Waals surface area (Å²) in [6, 6.07) is 12.3. The minimum atomic E-state index is -3.76. The number of benzene rings is 2. The molecule has 1 aliphatic rings. The van der Waals surface area contributed by atoms with Gasteiger partial charge in [0, 0.05) is 26.2 Å². The Balaban J connectivity index is 1.67. The summed E-state index contributed by atoms with van der Waals surface area (Å²) in [4.78, 5) is 27.9. The summed E-state index contributed by atoms with van der Waals surface area (Å²) in [5.74, 6) is -0.277. The van der Waals surface area contributed by atoms with E-state index in [4.69, 9.17) is 16.3 Å². The van der Waals surface area contributed by atoms with Crippen LogP contribution in [0.4, 0.5) is 10.5 Å². The number of rotatable bonds is 5. The lowest BCUT2D eigenvalue weighted by Crippen LogP contribution is -2.50. The summed E-state index contributed by atoms with van der Waals surface area (Å²) in [5, 5.41) is 0.140. The smallest absolute Gasteiger partial charge is 0.409 e. The van der Waals surface area contributed by atoms with Gasteiger partial charge in [-0.1, -0.05) is 29.8 Å². The fraction of sp³-hybridized carbons (Fsp3) is 0.300. The Morgan fingerprint density at radius 1 is 1.03 bits per heavy atom. The standard InChI is InChI=1S/C20H22ClN3O5S/c1-2-29-20(26)24-12-10-23(11-13-24)19(25)17-9-8-15(14-18(17)21)22-30(27,28)16-6-4-3-5-7-16/h3-9,14,22H,2,10-13H2,1H3. The molecule has 1 saturated heterocycles. The van der Waals surface area contributed by atoms with E-state index >= 15 is 0 Å². The molecular formula is C20H22ClN3O5S. The second-order valence-electron chi connectivity index (χ2n) is 6.59. The molecule has 0 unspecified atom stereocenters. The average molecular weight is 452 g/mol. The number of hydrogen-bond donors (Lipinski definition) is 1. The van der Waals surface area contributed by atoms with Crippen LogP contribution in [0.1, 0.15) is 17.3 Å². The van der Waals surface area contributed by atoms with E-state index in [1.165, 1.54) is 30.3 Å². The van der Waals surface area contributed by atoms with Gasteiger partial charge in [0.15, 0.2) is 0 Å². The van der Waals surface area contributed by atoms with Crippen LogP contribution in [-0.4, -0.2) is 63.0 Å². The molecule has 2 aromatic rings. The van der Waals surface area contributed by atoms with Crippen molar-refractivity contribution in [2.24, 2.45) is 0 Å². The van der Waals surface area contributed by atoms with Gasteiger partial charge in [-0.3, -0.25) is 9.52 Å². The predicted octanol–water partition coefficient (Wildman–Crippen LogP) is 3.06. The molecule has 0 aromatic heterocycles. The van der Waals surface area contributed by atoms with E-state index in [0.717, 1.165) is 0 Å². The lowest BCUT2D eigenvalue weighted by Gasteiger charge is -2.34. The zero-order valence-electron chi connectivity index (χ0n) is 16.4. The first-order valence-electron chi connectivity index (χ1n) is 9.40. The highest BCUT2D eigenvalue weighted by atomic mass is 35.5. The van der Waals surface area contributed by atoms with Gasteiger partial charge in [-0.15, -0.1) is 0 Å². The molecule has 0 radical (unpaired) electrons. The highest BCUT2D eigenvalue weighted by Gasteiger charge is 2.26. The highest BCUT2D eigenvalue weighted by molar-refractivity contribution is 7.92. The van der Waals surface area contributed by atoms with Gasteiger partial charge in [0.25, 0.3) is 15.9 Å². The Bertz CT molecular complexity index is 1020. The zero-order valence-corrected chi connectivity index (χ0v) is 17.9. The second kappa shape index (κ2) is 9.36. The summed E-state index contributed by atoms with van der Waals surface area (Å²) >= 11 is 6.27. The number of amides is 2. The number of anilines is 1. The van der Waals surface area contributed by atoms with Gasteiger partial charge in [-0.2, -0.15) is 0 Å². The topological polar surface area (TPSA) is 96.0 Å². The molecule has 0 bridgehead atoms. The molecule has 2 aromatic carbocycles. The van der Waals surface area contributed by atoms with E-state index in [1.54, 1.807) is 34.9 Å². The molecule has 160 valence electrons. The van der Waals surface area contributed by atoms with Gasteiger partial charge >= 0.3 is 6.09 Å². The summed E-state index contributed by atoms with van der Waals surface area (Å²) in [6.07, 6.45) is -0.391. The van der Waals surface area contributed by atoms with Crippen molar-refractivity contribution < 1.29 is 22.7 Å². The minimum absolute atomic E-state index is 0.126. The van der Waals surface area contributed by atoms with Crippen LogP contribution in [0.15, 0.2) is 53.4 Å². The molecule has 0 spiro atoms. The Morgan fingerprint density at radius 2 is 1.67 bits per heavy atom. The van der Waals surface area contributed by atoms with Gasteiger partial charge in [-0.05, 0) is 37.3 Å². The molecule has 2 amide bonds. The molecule has 3 rings (SSSR count). The first kappa shape index (κ1) is 21.9. The zero-order chi connectivity index (χ0) is 21.7. The lowest BCUT2D eigenvalue weighted by molar-refractivity contribution is 0.0570. The van der Waals surface area contributed by atoms with Gasteiger partial charge in [-0.25, -0.2) is 13.2 Å². The van der Waals surface area contributed by atoms with E-state index in [9.17, 15) is 18.0 Å². The third kappa shape index (κ3) is 5.03. The number of hydrogen-bond acceptors (Lipinski definition) is 5. The molecule has 10 heteroatoms. The summed E-state index contributed by atoms with van der Waals surface area (Å²) in [5.41, 5.74) is 0.524. The van der Waals surface area contributed by atoms with E-state index < -0.39 is 16.1 Å². The maximum Gasteiger partial charge on any atom is 0.409 e. The van der Waals surface area contributed by atoms with Crippen molar-refractivity contribution in [3.8, 4) is 0 Å². The number of sulfonamides is 1. The van der Waals surface area contributed by atoms with Crippen LogP contribution in [0.2, 0.25) is 5.02 Å². The molecular weight excluding hydrogens is 430 g/mol. The Hall–Kier alpha value is -2.78. The molecule has 8 nitrogen and oxygen atoms in total. The predicted molar refractivity (Wildman–Crippen MR) is 113 cm³/mol. The van der Waals surface area contributed by atoms with Crippen molar-refractivity contribution in [3.05, 3.63) is 59.1 Å². The van der Waals surface area contributed by atoms with Crippen LogP contribution in [0, 0.1) is 0 Å². The monoisotopic (exact) mass is 451 g/mol. The summed E-state index contributed by atoms with van der Waals surface area (Å²) in [6.45, 7) is 3.50. The number of carbonyl (C=O) groups is 2. The average Bonchev–Trinajstić information content (AvgIpc) is 2.74. The number of ether oxygens (including phenoxy) is 1. The van der Waals surface area contributed by atoms with Crippen LogP contribution in [-0.2, 0) is 14.8 Å². The van der Waals surface area contributed by atoms with E-state index in [1.807, 2.05) is 0 Å². The van der Waals surface area contributed by atoms with Crippen molar-refractivity contribution >= 4 is 39.3 Å². The first-order chi connectivity index (χ1) is 14.3. The highest BCUT2D eigenvalue weighted by Crippen LogP contribution is 2.25. The fourth-order valence-corrected chi connectivity index (χ4v) is 4.37. The van der Waals surface area contributed by atoms with E-state index in [2.05, 4.69) is 4.72 Å². The number of carbonyl (C=O) groups excluding carboxylic acids is 2. The molecule has 1 heterocycles. The molecule has 1 aliphatic heterocycles. The van der Waals surface area contributed by atoms with Crippen molar-refractivity contribution in [1.29, 1.82) is 0 Å². The molecule has 0 saturated carbocycles. The Morgan fingerprint density at radius 3 is 2.27 bits per heavy atom. The van der Waals surface area contributed by atoms with E-state index in [-0.39, 0.29) is 27.1 Å².